The molecule has 1 aliphatic carbocycles. The average molecular weight is 228 g/mol. The van der Waals surface area contributed by atoms with Gasteiger partial charge >= 0.3 is 0 Å². The predicted octanol–water partition coefficient (Wildman–Crippen LogP) is 0.746. The van der Waals surface area contributed by atoms with Crippen LogP contribution in [0.1, 0.15) is 39.5 Å². The van der Waals surface area contributed by atoms with E-state index in [0.29, 0.717) is 0 Å². The third-order valence-electron chi connectivity index (χ3n) is 3.41. The highest BCUT2D eigenvalue weighted by molar-refractivity contribution is 5.81. The molecule has 0 heterocycles. The van der Waals surface area contributed by atoms with Gasteiger partial charge in [0.25, 0.3) is 0 Å². The van der Waals surface area contributed by atoms with Gasteiger partial charge in [0.1, 0.15) is 0 Å². The number of likely N-dealkylation sites (N-methyl/N-ethyl adjacent to an activating group) is 1. The van der Waals surface area contributed by atoms with Gasteiger partial charge in [-0.05, 0) is 26.7 Å². The van der Waals surface area contributed by atoms with Crippen LogP contribution < -0.4 is 5.32 Å². The highest BCUT2D eigenvalue weighted by atomic mass is 16.3. The number of aliphatic hydroxyl groups excluding tert-OH is 1. The van der Waals surface area contributed by atoms with Crippen LogP contribution >= 0.6 is 0 Å². The topological polar surface area (TPSA) is 52.6 Å². The molecule has 0 aromatic carbocycles. The van der Waals surface area contributed by atoms with Gasteiger partial charge in [0.15, 0.2) is 0 Å². The van der Waals surface area contributed by atoms with Gasteiger partial charge in [-0.25, -0.2) is 0 Å². The summed E-state index contributed by atoms with van der Waals surface area (Å²) in [4.78, 5) is 13.5. The fraction of sp³-hybridized carbons (Fsp3) is 0.917. The number of aliphatic hydroxyl groups is 1. The quantitative estimate of drug-likeness (QED) is 0.746. The number of hydrogen-bond donors (Lipinski definition) is 2. The number of carbonyl (C=O) groups is 1. The Morgan fingerprint density at radius 2 is 2.12 bits per heavy atom. The first kappa shape index (κ1) is 13.5. The maximum atomic E-state index is 11.8. The number of rotatable bonds is 4. The molecule has 94 valence electrons. The molecule has 1 amide bonds. The molecule has 1 rings (SSSR count). The van der Waals surface area contributed by atoms with Gasteiger partial charge in [0.2, 0.25) is 5.91 Å². The number of nitrogens with zero attached hydrogens (tertiary/aromatic N) is 1. The fourth-order valence-electron chi connectivity index (χ4n) is 2.18. The first-order chi connectivity index (χ1) is 7.56. The van der Waals surface area contributed by atoms with Crippen molar-refractivity contribution in [1.82, 2.24) is 10.2 Å². The van der Waals surface area contributed by atoms with E-state index in [1.807, 2.05) is 13.8 Å². The molecule has 2 N–H and O–H groups in total. The Labute approximate surface area is 98.0 Å². The van der Waals surface area contributed by atoms with Crippen LogP contribution in [0.15, 0.2) is 0 Å². The third-order valence-corrected chi connectivity index (χ3v) is 3.41. The lowest BCUT2D eigenvalue weighted by Crippen LogP contribution is -2.51. The maximum absolute atomic E-state index is 11.8. The zero-order chi connectivity index (χ0) is 12.1. The summed E-state index contributed by atoms with van der Waals surface area (Å²) in [6, 6.07) is -0.124. The molecule has 0 spiro atoms. The van der Waals surface area contributed by atoms with Crippen LogP contribution in [0.3, 0.4) is 0 Å². The normalized spacial score (nSPS) is 27.5. The summed E-state index contributed by atoms with van der Waals surface area (Å²) in [5.74, 6) is 0.0975. The Balaban J connectivity index is 2.43. The lowest BCUT2D eigenvalue weighted by molar-refractivity contribution is -0.132. The Bertz CT molecular complexity index is 233. The second-order valence-corrected chi connectivity index (χ2v) is 4.70. The SMILES string of the molecule is CCN(C)C(=O)C(C)N[C@H]1CCCC[C@@H]1O. The molecule has 16 heavy (non-hydrogen) atoms. The lowest BCUT2D eigenvalue weighted by atomic mass is 9.92. The lowest BCUT2D eigenvalue weighted by Gasteiger charge is -2.31. The molecular formula is C12H24N2O2. The number of nitrogens with one attached hydrogen (secondary N) is 1. The van der Waals surface area contributed by atoms with Crippen LogP contribution in [0, 0.1) is 0 Å². The number of amides is 1. The van der Waals surface area contributed by atoms with Crippen LogP contribution in [-0.2, 0) is 4.79 Å². The van der Waals surface area contributed by atoms with Crippen molar-refractivity contribution in [2.75, 3.05) is 13.6 Å². The minimum atomic E-state index is -0.295. The van der Waals surface area contributed by atoms with E-state index in [9.17, 15) is 9.90 Å². The largest absolute Gasteiger partial charge is 0.392 e. The molecule has 1 unspecified atom stereocenters. The van der Waals surface area contributed by atoms with Gasteiger partial charge in [-0.1, -0.05) is 12.8 Å². The summed E-state index contributed by atoms with van der Waals surface area (Å²) in [5, 5.41) is 13.1. The van der Waals surface area contributed by atoms with Crippen LogP contribution in [0.4, 0.5) is 0 Å². The van der Waals surface area contributed by atoms with E-state index in [1.165, 1.54) is 0 Å². The second kappa shape index (κ2) is 6.21. The molecule has 1 aliphatic rings. The van der Waals surface area contributed by atoms with Gasteiger partial charge in [0.05, 0.1) is 12.1 Å². The summed E-state index contributed by atoms with van der Waals surface area (Å²) >= 11 is 0. The second-order valence-electron chi connectivity index (χ2n) is 4.70. The van der Waals surface area contributed by atoms with E-state index in [1.54, 1.807) is 11.9 Å². The Kier molecular flexibility index (Phi) is 5.22. The van der Waals surface area contributed by atoms with Gasteiger partial charge in [-0.2, -0.15) is 0 Å². The minimum absolute atomic E-state index is 0.0814. The Morgan fingerprint density at radius 3 is 2.69 bits per heavy atom. The monoisotopic (exact) mass is 228 g/mol. The van der Waals surface area contributed by atoms with E-state index < -0.39 is 0 Å². The van der Waals surface area contributed by atoms with Crippen molar-refractivity contribution >= 4 is 5.91 Å². The summed E-state index contributed by atoms with van der Waals surface area (Å²) < 4.78 is 0. The average Bonchev–Trinajstić information content (AvgIpc) is 2.30. The minimum Gasteiger partial charge on any atom is -0.392 e. The Hall–Kier alpha value is -0.610. The molecule has 0 aromatic rings. The molecule has 1 saturated carbocycles. The van der Waals surface area contributed by atoms with Gasteiger partial charge in [-0.3, -0.25) is 4.79 Å². The summed E-state index contributed by atoms with van der Waals surface area (Å²) in [6.45, 7) is 4.55. The van der Waals surface area contributed by atoms with E-state index >= 15 is 0 Å². The van der Waals surface area contributed by atoms with E-state index in [2.05, 4.69) is 5.32 Å². The van der Waals surface area contributed by atoms with Gasteiger partial charge in [0, 0.05) is 19.6 Å². The molecule has 0 bridgehead atoms. The Morgan fingerprint density at radius 1 is 1.50 bits per heavy atom. The molecule has 0 aliphatic heterocycles. The number of carbonyl (C=O) groups excluding carboxylic acids is 1. The van der Waals surface area contributed by atoms with Crippen molar-refractivity contribution in [3.05, 3.63) is 0 Å². The summed E-state index contributed by atoms with van der Waals surface area (Å²) in [5.41, 5.74) is 0. The van der Waals surface area contributed by atoms with Crippen molar-refractivity contribution in [3.63, 3.8) is 0 Å². The van der Waals surface area contributed by atoms with Crippen LogP contribution in [0.2, 0.25) is 0 Å². The van der Waals surface area contributed by atoms with E-state index in [-0.39, 0.29) is 24.1 Å². The smallest absolute Gasteiger partial charge is 0.239 e. The molecule has 0 radical (unpaired) electrons. The maximum Gasteiger partial charge on any atom is 0.239 e. The highest BCUT2D eigenvalue weighted by Gasteiger charge is 2.26. The zero-order valence-electron chi connectivity index (χ0n) is 10.6. The summed E-state index contributed by atoms with van der Waals surface area (Å²) in [6.07, 6.45) is 3.75. The molecule has 3 atom stereocenters. The van der Waals surface area contributed by atoms with Crippen LogP contribution in [-0.4, -0.2) is 47.7 Å². The van der Waals surface area contributed by atoms with Crippen molar-refractivity contribution in [2.45, 2.75) is 57.7 Å². The molecular weight excluding hydrogens is 204 g/mol. The molecule has 0 saturated heterocycles. The van der Waals surface area contributed by atoms with Crippen molar-refractivity contribution < 1.29 is 9.90 Å². The predicted molar refractivity (Wildman–Crippen MR) is 64.2 cm³/mol. The van der Waals surface area contributed by atoms with Crippen molar-refractivity contribution in [2.24, 2.45) is 0 Å². The first-order valence-corrected chi connectivity index (χ1v) is 6.25. The summed E-state index contributed by atoms with van der Waals surface area (Å²) in [7, 11) is 1.80. The van der Waals surface area contributed by atoms with E-state index in [0.717, 1.165) is 32.2 Å². The molecule has 1 fully saturated rings. The number of hydrogen-bond acceptors (Lipinski definition) is 3. The molecule has 4 nitrogen and oxygen atoms in total. The molecule has 0 aromatic heterocycles. The van der Waals surface area contributed by atoms with Crippen molar-refractivity contribution in [3.8, 4) is 0 Å². The van der Waals surface area contributed by atoms with Crippen LogP contribution in [0.5, 0.6) is 0 Å². The third kappa shape index (κ3) is 3.46. The van der Waals surface area contributed by atoms with Crippen LogP contribution in [0.25, 0.3) is 0 Å². The molecule has 4 heteroatoms. The first-order valence-electron chi connectivity index (χ1n) is 6.25. The zero-order valence-corrected chi connectivity index (χ0v) is 10.6. The van der Waals surface area contributed by atoms with Crippen molar-refractivity contribution in [1.29, 1.82) is 0 Å². The fourth-order valence-corrected chi connectivity index (χ4v) is 2.18. The van der Waals surface area contributed by atoms with Gasteiger partial charge in [-0.15, -0.1) is 0 Å². The van der Waals surface area contributed by atoms with E-state index in [4.69, 9.17) is 0 Å². The highest BCUT2D eigenvalue weighted by Crippen LogP contribution is 2.18. The standard InChI is InChI=1S/C12H24N2O2/c1-4-14(3)12(16)9(2)13-10-7-5-6-8-11(10)15/h9-11,13,15H,4-8H2,1-3H3/t9?,10-,11-/m0/s1. The van der Waals surface area contributed by atoms with Gasteiger partial charge < -0.3 is 15.3 Å².